The zero-order valence-corrected chi connectivity index (χ0v) is 36.3. The van der Waals surface area contributed by atoms with E-state index in [-0.39, 0.29) is 0 Å². The van der Waals surface area contributed by atoms with Crippen LogP contribution in [0.3, 0.4) is 0 Å². The summed E-state index contributed by atoms with van der Waals surface area (Å²) in [6, 6.07) is 67.2. The van der Waals surface area contributed by atoms with E-state index in [9.17, 15) is 0 Å². The largest absolute Gasteiger partial charge is 0.278 e. The van der Waals surface area contributed by atoms with Gasteiger partial charge < -0.3 is 0 Å². The predicted octanol–water partition coefficient (Wildman–Crippen LogP) is 11.8. The summed E-state index contributed by atoms with van der Waals surface area (Å²) in [5.41, 5.74) is 7.31. The number of hydrogen-bond acceptors (Lipinski definition) is 3. The van der Waals surface area contributed by atoms with Gasteiger partial charge in [-0.1, -0.05) is 208 Å². The summed E-state index contributed by atoms with van der Waals surface area (Å²) in [4.78, 5) is 16.9. The average molecular weight is 821 g/mol. The molecule has 9 aromatic rings. The van der Waals surface area contributed by atoms with Crippen LogP contribution in [0, 0.1) is 0 Å². The van der Waals surface area contributed by atoms with E-state index >= 15 is 0 Å². The van der Waals surface area contributed by atoms with Crippen LogP contribution in [-0.2, 0) is 0 Å². The molecule has 7 aromatic carbocycles. The minimum absolute atomic E-state index is 0.497. The molecule has 62 heavy (non-hydrogen) atoms. The van der Waals surface area contributed by atoms with Crippen molar-refractivity contribution < 1.29 is 0 Å². The Morgan fingerprint density at radius 1 is 0.387 bits per heavy atom. The summed E-state index contributed by atoms with van der Waals surface area (Å²) in [7, 11) is -2.82. The molecule has 2 aliphatic rings. The molecule has 2 aromatic heterocycles. The maximum atomic E-state index is 5.68. The molecule has 2 aliphatic carbocycles. The van der Waals surface area contributed by atoms with E-state index in [1.807, 2.05) is 0 Å². The summed E-state index contributed by atoms with van der Waals surface area (Å²) < 4.78 is 2.28. The fraction of sp³-hybridized carbons (Fsp3) is 0.211. The molecule has 0 spiro atoms. The maximum Gasteiger partial charge on any atom is 0.238 e. The first-order valence-corrected chi connectivity index (χ1v) is 24.9. The standard InChI is InChI=1S/C57H52N4Si/c1-6-22-41(23-7-1)48-36-21-37-49(42-24-8-2-9-25-42)54(48)56-58-55(59-57(60-56)61-52-38-18-16-34-50(52)51-35-17-19-39-53(51)61)43-26-20-33-47(40-43)62(44-27-10-3-11-28-44,45-29-12-4-13-30-45)46-31-14-5-15-32-46/h3-5,10-21,26-42H,1-2,6-9,22-25H2. The number of aromatic nitrogens is 4. The Morgan fingerprint density at radius 2 is 0.823 bits per heavy atom. The van der Waals surface area contributed by atoms with Gasteiger partial charge in [0, 0.05) is 21.9 Å². The van der Waals surface area contributed by atoms with E-state index in [0.717, 1.165) is 22.4 Å². The van der Waals surface area contributed by atoms with E-state index < -0.39 is 8.07 Å². The first kappa shape index (κ1) is 38.5. The van der Waals surface area contributed by atoms with Gasteiger partial charge in [0.2, 0.25) is 5.95 Å². The van der Waals surface area contributed by atoms with Crippen molar-refractivity contribution >= 4 is 50.6 Å². The average Bonchev–Trinajstić information content (AvgIpc) is 3.70. The van der Waals surface area contributed by atoms with Gasteiger partial charge in [0.25, 0.3) is 0 Å². The van der Waals surface area contributed by atoms with Crippen LogP contribution in [-0.4, -0.2) is 27.6 Å². The second kappa shape index (κ2) is 16.8. The minimum Gasteiger partial charge on any atom is -0.278 e. The monoisotopic (exact) mass is 820 g/mol. The lowest BCUT2D eigenvalue weighted by Gasteiger charge is -2.34. The van der Waals surface area contributed by atoms with Gasteiger partial charge in [-0.15, -0.1) is 0 Å². The molecule has 0 atom stereocenters. The highest BCUT2D eigenvalue weighted by Crippen LogP contribution is 2.44. The van der Waals surface area contributed by atoms with Crippen molar-refractivity contribution in [2.75, 3.05) is 0 Å². The van der Waals surface area contributed by atoms with Crippen molar-refractivity contribution in [3.8, 4) is 28.7 Å². The Labute approximate surface area is 366 Å². The van der Waals surface area contributed by atoms with Crippen LogP contribution in [0.25, 0.3) is 50.5 Å². The maximum absolute atomic E-state index is 5.68. The van der Waals surface area contributed by atoms with Crippen molar-refractivity contribution in [3.63, 3.8) is 0 Å². The molecular weight excluding hydrogens is 769 g/mol. The lowest BCUT2D eigenvalue weighted by molar-refractivity contribution is 0.436. The van der Waals surface area contributed by atoms with Crippen molar-refractivity contribution in [2.45, 2.75) is 76.0 Å². The summed E-state index contributed by atoms with van der Waals surface area (Å²) in [6.45, 7) is 0. The molecule has 2 fully saturated rings. The fourth-order valence-electron chi connectivity index (χ4n) is 11.2. The lowest BCUT2D eigenvalue weighted by atomic mass is 9.76. The normalized spacial score (nSPS) is 15.3. The topological polar surface area (TPSA) is 43.6 Å². The van der Waals surface area contributed by atoms with Gasteiger partial charge >= 0.3 is 0 Å². The van der Waals surface area contributed by atoms with Crippen LogP contribution in [0.5, 0.6) is 0 Å². The number of rotatable bonds is 9. The Hall–Kier alpha value is -6.43. The molecule has 5 heteroatoms. The molecule has 0 amide bonds. The van der Waals surface area contributed by atoms with Crippen molar-refractivity contribution in [1.82, 2.24) is 19.5 Å². The van der Waals surface area contributed by atoms with Crippen LogP contribution in [0.1, 0.15) is 87.2 Å². The molecule has 2 heterocycles. The van der Waals surface area contributed by atoms with E-state index in [0.29, 0.717) is 23.6 Å². The van der Waals surface area contributed by atoms with E-state index in [2.05, 4.69) is 187 Å². The minimum atomic E-state index is -2.82. The molecule has 0 radical (unpaired) electrons. The first-order valence-electron chi connectivity index (χ1n) is 22.9. The summed E-state index contributed by atoms with van der Waals surface area (Å²) >= 11 is 0. The van der Waals surface area contributed by atoms with E-state index in [1.54, 1.807) is 0 Å². The van der Waals surface area contributed by atoms with Gasteiger partial charge in [-0.3, -0.25) is 4.57 Å². The molecule has 0 N–H and O–H groups in total. The molecule has 0 saturated heterocycles. The quantitative estimate of drug-likeness (QED) is 0.108. The molecule has 2 saturated carbocycles. The highest BCUT2D eigenvalue weighted by molar-refractivity contribution is 7.19. The molecule has 0 aliphatic heterocycles. The van der Waals surface area contributed by atoms with Crippen molar-refractivity contribution in [2.24, 2.45) is 0 Å². The molecular formula is C57H52N4Si. The number of benzene rings is 7. The van der Waals surface area contributed by atoms with Crippen LogP contribution < -0.4 is 20.7 Å². The van der Waals surface area contributed by atoms with E-state index in [1.165, 1.54) is 112 Å². The van der Waals surface area contributed by atoms with Gasteiger partial charge in [0.15, 0.2) is 19.7 Å². The van der Waals surface area contributed by atoms with Gasteiger partial charge in [0.1, 0.15) is 0 Å². The second-order valence-electron chi connectivity index (χ2n) is 17.6. The van der Waals surface area contributed by atoms with Gasteiger partial charge in [0.05, 0.1) is 11.0 Å². The Balaban J connectivity index is 1.20. The highest BCUT2D eigenvalue weighted by Gasteiger charge is 2.41. The third-order valence-corrected chi connectivity index (χ3v) is 18.8. The van der Waals surface area contributed by atoms with Gasteiger partial charge in [-0.2, -0.15) is 9.97 Å². The summed E-state index contributed by atoms with van der Waals surface area (Å²) in [5.74, 6) is 3.17. The first-order chi connectivity index (χ1) is 30.8. The third kappa shape index (κ3) is 6.80. The Kier molecular flexibility index (Phi) is 10.4. The number of nitrogens with zero attached hydrogens (tertiary/aromatic N) is 4. The van der Waals surface area contributed by atoms with E-state index in [4.69, 9.17) is 15.0 Å². The van der Waals surface area contributed by atoms with Crippen molar-refractivity contribution in [1.29, 1.82) is 0 Å². The lowest BCUT2D eigenvalue weighted by Crippen LogP contribution is -2.74. The van der Waals surface area contributed by atoms with Gasteiger partial charge in [-0.25, -0.2) is 4.98 Å². The molecule has 11 rings (SSSR count). The van der Waals surface area contributed by atoms with Crippen LogP contribution in [0.4, 0.5) is 0 Å². The molecule has 4 nitrogen and oxygen atoms in total. The third-order valence-electron chi connectivity index (χ3n) is 14.0. The Morgan fingerprint density at radius 3 is 1.34 bits per heavy atom. The molecule has 304 valence electrons. The fourth-order valence-corrected chi connectivity index (χ4v) is 15.9. The Bertz CT molecular complexity index is 2800. The number of hydrogen-bond donors (Lipinski definition) is 0. The number of fused-ring (bicyclic) bond motifs is 3. The predicted molar refractivity (Wildman–Crippen MR) is 260 cm³/mol. The van der Waals surface area contributed by atoms with Gasteiger partial charge in [-0.05, 0) is 81.5 Å². The smallest absolute Gasteiger partial charge is 0.238 e. The molecule has 0 unspecified atom stereocenters. The van der Waals surface area contributed by atoms with Crippen molar-refractivity contribution in [3.05, 3.63) is 193 Å². The second-order valence-corrected chi connectivity index (χ2v) is 21.4. The molecule has 0 bridgehead atoms. The SMILES string of the molecule is c1ccc([Si](c2ccccc2)(c2ccccc2)c2cccc(-c3nc(-c4c(C5CCCCC5)cccc4C4CCCCC4)nc(-n4c5ccccc5c5ccccc54)n3)c2)cc1. The highest BCUT2D eigenvalue weighted by atomic mass is 28.3. The zero-order chi connectivity index (χ0) is 41.3. The van der Waals surface area contributed by atoms with Crippen LogP contribution in [0.15, 0.2) is 182 Å². The van der Waals surface area contributed by atoms with Crippen LogP contribution in [0.2, 0.25) is 0 Å². The number of para-hydroxylation sites is 2. The van der Waals surface area contributed by atoms with Crippen LogP contribution >= 0.6 is 0 Å². The summed E-state index contributed by atoms with van der Waals surface area (Å²) in [5, 5.41) is 7.72. The summed E-state index contributed by atoms with van der Waals surface area (Å²) in [6.07, 6.45) is 12.6. The zero-order valence-electron chi connectivity index (χ0n) is 35.3.